The molecule has 8 nitrogen and oxygen atoms in total. The smallest absolute Gasteiger partial charge is 0.315 e. The summed E-state index contributed by atoms with van der Waals surface area (Å²) in [5.74, 6) is -0.182. The molecule has 2 aromatic carbocycles. The molecule has 4 N–H and O–H groups in total. The Balaban J connectivity index is 1.11. The second-order valence-electron chi connectivity index (χ2n) is 8.97. The molecule has 3 amide bonds. The fraction of sp³-hybridized carbons (Fsp3) is 0.423. The van der Waals surface area contributed by atoms with E-state index >= 15 is 0 Å². The predicted molar refractivity (Wildman–Crippen MR) is 127 cm³/mol. The van der Waals surface area contributed by atoms with Gasteiger partial charge >= 0.3 is 12.0 Å². The highest BCUT2D eigenvalue weighted by Gasteiger charge is 2.39. The molecule has 0 aliphatic heterocycles. The Morgan fingerprint density at radius 3 is 2.24 bits per heavy atom. The van der Waals surface area contributed by atoms with E-state index in [1.165, 1.54) is 5.56 Å². The van der Waals surface area contributed by atoms with Crippen molar-refractivity contribution in [2.45, 2.75) is 50.2 Å². The largest absolute Gasteiger partial charge is 0.490 e. The van der Waals surface area contributed by atoms with Crippen molar-refractivity contribution in [3.63, 3.8) is 0 Å². The highest BCUT2D eigenvalue weighted by Crippen LogP contribution is 2.40. The van der Waals surface area contributed by atoms with E-state index in [1.807, 2.05) is 18.2 Å². The van der Waals surface area contributed by atoms with E-state index in [1.54, 1.807) is 24.3 Å². The molecule has 2 saturated carbocycles. The highest BCUT2D eigenvalue weighted by molar-refractivity contribution is 5.94. The minimum Gasteiger partial charge on any atom is -0.490 e. The Hall–Kier alpha value is -3.55. The van der Waals surface area contributed by atoms with Crippen LogP contribution in [-0.4, -0.2) is 48.2 Å². The summed E-state index contributed by atoms with van der Waals surface area (Å²) in [5, 5.41) is 17.6. The van der Waals surface area contributed by atoms with Gasteiger partial charge in [-0.1, -0.05) is 30.3 Å². The summed E-state index contributed by atoms with van der Waals surface area (Å²) in [6, 6.07) is 17.0. The molecule has 4 rings (SSSR count). The molecule has 2 aliphatic carbocycles. The lowest BCUT2D eigenvalue weighted by molar-refractivity contribution is -0.143. The van der Waals surface area contributed by atoms with E-state index in [4.69, 9.17) is 9.84 Å². The zero-order valence-corrected chi connectivity index (χ0v) is 19.0. The van der Waals surface area contributed by atoms with E-state index in [0.29, 0.717) is 56.0 Å². The molecule has 0 bridgehead atoms. The zero-order valence-electron chi connectivity index (χ0n) is 19.0. The molecule has 2 atom stereocenters. The first-order valence-corrected chi connectivity index (χ1v) is 11.9. The van der Waals surface area contributed by atoms with Crippen molar-refractivity contribution >= 4 is 17.9 Å². The first-order valence-electron chi connectivity index (χ1n) is 11.9. The molecule has 0 saturated heterocycles. The molecule has 2 aliphatic rings. The van der Waals surface area contributed by atoms with Crippen LogP contribution in [-0.2, 0) is 4.79 Å². The predicted octanol–water partition coefficient (Wildman–Crippen LogP) is 3.29. The number of benzene rings is 2. The monoisotopic (exact) mass is 465 g/mol. The van der Waals surface area contributed by atoms with Gasteiger partial charge in [-0.2, -0.15) is 0 Å². The van der Waals surface area contributed by atoms with Crippen molar-refractivity contribution < 1.29 is 24.2 Å². The summed E-state index contributed by atoms with van der Waals surface area (Å²) in [5.41, 5.74) is 1.75. The lowest BCUT2D eigenvalue weighted by Gasteiger charge is -2.26. The van der Waals surface area contributed by atoms with E-state index in [2.05, 4.69) is 28.1 Å². The maximum atomic E-state index is 12.3. The lowest BCUT2D eigenvalue weighted by atomic mass is 9.87. The van der Waals surface area contributed by atoms with Crippen LogP contribution in [0.5, 0.6) is 5.75 Å². The van der Waals surface area contributed by atoms with Crippen molar-refractivity contribution in [2.75, 3.05) is 13.1 Å². The molecular weight excluding hydrogens is 434 g/mol. The number of nitrogens with one attached hydrogen (secondary N) is 3. The highest BCUT2D eigenvalue weighted by atomic mass is 16.5. The summed E-state index contributed by atoms with van der Waals surface area (Å²) in [6.45, 7) is 0.657. The molecule has 0 radical (unpaired) electrons. The van der Waals surface area contributed by atoms with Gasteiger partial charge in [-0.25, -0.2) is 4.79 Å². The minimum absolute atomic E-state index is 0.00566. The van der Waals surface area contributed by atoms with E-state index in [9.17, 15) is 14.4 Å². The van der Waals surface area contributed by atoms with Gasteiger partial charge in [0.25, 0.3) is 5.91 Å². The van der Waals surface area contributed by atoms with Gasteiger partial charge < -0.3 is 25.8 Å². The number of ether oxygens (including phenoxy) is 1. The third kappa shape index (κ3) is 6.50. The number of carboxylic acids is 1. The fourth-order valence-electron chi connectivity index (χ4n) is 4.40. The Bertz CT molecular complexity index is 987. The van der Waals surface area contributed by atoms with Gasteiger partial charge in [0.05, 0.1) is 12.0 Å². The molecular formula is C26H31N3O5. The lowest BCUT2D eigenvalue weighted by Crippen LogP contribution is -2.41. The first-order chi connectivity index (χ1) is 16.5. The Kier molecular flexibility index (Phi) is 7.67. The van der Waals surface area contributed by atoms with Crippen LogP contribution in [0.25, 0.3) is 0 Å². The molecule has 0 heterocycles. The van der Waals surface area contributed by atoms with Gasteiger partial charge in [0.15, 0.2) is 0 Å². The number of hydrogen-bond donors (Lipinski definition) is 4. The number of urea groups is 1. The van der Waals surface area contributed by atoms with Crippen molar-refractivity contribution in [1.29, 1.82) is 0 Å². The number of rotatable bonds is 9. The number of aliphatic carboxylic acids is 1. The van der Waals surface area contributed by atoms with Crippen LogP contribution in [0.15, 0.2) is 54.6 Å². The second-order valence-corrected chi connectivity index (χ2v) is 8.97. The number of hydrogen-bond acceptors (Lipinski definition) is 4. The second kappa shape index (κ2) is 11.0. The van der Waals surface area contributed by atoms with Crippen LogP contribution in [0.2, 0.25) is 0 Å². The van der Waals surface area contributed by atoms with E-state index in [0.717, 1.165) is 6.42 Å². The van der Waals surface area contributed by atoms with Crippen LogP contribution in [0.1, 0.15) is 53.9 Å². The molecule has 34 heavy (non-hydrogen) atoms. The number of carboxylic acid groups (broad SMARTS) is 1. The Labute approximate surface area is 199 Å². The van der Waals surface area contributed by atoms with Crippen LogP contribution >= 0.6 is 0 Å². The third-order valence-electron chi connectivity index (χ3n) is 6.47. The number of amides is 3. The van der Waals surface area contributed by atoms with E-state index < -0.39 is 5.97 Å². The first kappa shape index (κ1) is 23.6. The van der Waals surface area contributed by atoms with Crippen molar-refractivity contribution in [3.8, 4) is 5.75 Å². The third-order valence-corrected chi connectivity index (χ3v) is 6.47. The molecule has 2 fully saturated rings. The van der Waals surface area contributed by atoms with Crippen LogP contribution < -0.4 is 20.7 Å². The zero-order chi connectivity index (χ0) is 23.9. The van der Waals surface area contributed by atoms with Gasteiger partial charge in [0.1, 0.15) is 5.75 Å². The number of carbonyl (C=O) groups excluding carboxylic acids is 2. The summed E-state index contributed by atoms with van der Waals surface area (Å²) in [6.07, 6.45) is 3.63. The summed E-state index contributed by atoms with van der Waals surface area (Å²) in [4.78, 5) is 35.5. The molecule has 2 aromatic rings. The molecule has 8 heteroatoms. The van der Waals surface area contributed by atoms with Crippen LogP contribution in [0.4, 0.5) is 4.79 Å². The average molecular weight is 466 g/mol. The molecule has 0 aromatic heterocycles. The quantitative estimate of drug-likeness (QED) is 0.424. The van der Waals surface area contributed by atoms with Gasteiger partial charge in [-0.3, -0.25) is 9.59 Å². The van der Waals surface area contributed by atoms with Crippen molar-refractivity contribution in [2.24, 2.45) is 5.92 Å². The standard InChI is InChI=1S/C26H31N3O5/c30-24(18-6-10-20(11-7-18)34-21-12-8-19(9-13-21)25(31)32)27-14-15-28-26(33)29-23-16-22(23)17-4-2-1-3-5-17/h1-7,10-11,19,21-23H,8-9,12-16H2,(H,27,30)(H,31,32)(H2,28,29,33)/t19-,21+,22?,23?. The van der Waals surface area contributed by atoms with Gasteiger partial charge in [-0.15, -0.1) is 0 Å². The molecule has 180 valence electrons. The van der Waals surface area contributed by atoms with Gasteiger partial charge in [0, 0.05) is 30.6 Å². The van der Waals surface area contributed by atoms with E-state index in [-0.39, 0.29) is 30.0 Å². The fourth-order valence-corrected chi connectivity index (χ4v) is 4.40. The summed E-state index contributed by atoms with van der Waals surface area (Å²) in [7, 11) is 0. The van der Waals surface area contributed by atoms with Crippen LogP contribution in [0, 0.1) is 5.92 Å². The molecule has 0 spiro atoms. The van der Waals surface area contributed by atoms with Gasteiger partial charge in [0.2, 0.25) is 0 Å². The van der Waals surface area contributed by atoms with Gasteiger partial charge in [-0.05, 0) is 61.9 Å². The topological polar surface area (TPSA) is 117 Å². The number of carbonyl (C=O) groups is 3. The average Bonchev–Trinajstić information content (AvgIpc) is 3.62. The minimum atomic E-state index is -0.732. The summed E-state index contributed by atoms with van der Waals surface area (Å²) < 4.78 is 5.94. The van der Waals surface area contributed by atoms with Crippen LogP contribution in [0.3, 0.4) is 0 Å². The van der Waals surface area contributed by atoms with Crippen molar-refractivity contribution in [1.82, 2.24) is 16.0 Å². The SMILES string of the molecule is O=C(NCCNC(=O)c1ccc(O[C@H]2CC[C@@H](C(=O)O)CC2)cc1)NC1CC1c1ccccc1. The maximum absolute atomic E-state index is 12.3. The molecule has 2 unspecified atom stereocenters. The van der Waals surface area contributed by atoms with Crippen molar-refractivity contribution in [3.05, 3.63) is 65.7 Å². The maximum Gasteiger partial charge on any atom is 0.315 e. The summed E-state index contributed by atoms with van der Waals surface area (Å²) >= 11 is 0. The Morgan fingerprint density at radius 2 is 1.56 bits per heavy atom. The normalized spacial score (nSPS) is 23.4. The Morgan fingerprint density at radius 1 is 0.882 bits per heavy atom.